The van der Waals surface area contributed by atoms with Crippen LogP contribution < -0.4 is 9.46 Å². The Bertz CT molecular complexity index is 1840. The van der Waals surface area contributed by atoms with Gasteiger partial charge in [0.25, 0.3) is 10.0 Å². The molecule has 3 aromatic rings. The highest BCUT2D eigenvalue weighted by molar-refractivity contribution is 7.92. The SMILES string of the molecule is Cc1cccc(C)c1-c1cc2nc(n1)NS(=O)(=O)c1cccc(c1)CC(C1CC3(CCN(CCOC(C)C)CC3)C1)[C@H](CC1(C(F)(F)F)CC1)CO2. The normalized spacial score (nSPS) is 24.2. The van der Waals surface area contributed by atoms with Crippen molar-refractivity contribution in [3.63, 3.8) is 0 Å². The van der Waals surface area contributed by atoms with Gasteiger partial charge in [0.05, 0.1) is 35.3 Å². The summed E-state index contributed by atoms with van der Waals surface area (Å²) in [6.45, 7) is 11.6. The number of halogens is 3. The Kier molecular flexibility index (Phi) is 10.1. The Hall–Kier alpha value is -3.22. The molecule has 2 saturated carbocycles. The van der Waals surface area contributed by atoms with Crippen molar-refractivity contribution in [3.05, 3.63) is 65.2 Å². The number of aromatic nitrogens is 2. The smallest absolute Gasteiger partial charge is 0.394 e. The summed E-state index contributed by atoms with van der Waals surface area (Å²) < 4.78 is 86.2. The summed E-state index contributed by atoms with van der Waals surface area (Å²) in [7, 11) is -4.09. The molecular formula is C40H51F3N4O4S. The fraction of sp³-hybridized carbons (Fsp3) is 0.600. The number of sulfonamides is 1. The average Bonchev–Trinajstić information content (AvgIpc) is 3.86. The van der Waals surface area contributed by atoms with Crippen molar-refractivity contribution in [2.45, 2.75) is 96.2 Å². The van der Waals surface area contributed by atoms with E-state index in [2.05, 4.69) is 19.6 Å². The third-order valence-corrected chi connectivity index (χ3v) is 13.6. The van der Waals surface area contributed by atoms with Crippen molar-refractivity contribution in [1.29, 1.82) is 0 Å². The highest BCUT2D eigenvalue weighted by atomic mass is 32.2. The van der Waals surface area contributed by atoms with Gasteiger partial charge in [-0.15, -0.1) is 0 Å². The molecule has 1 saturated heterocycles. The lowest BCUT2D eigenvalue weighted by Crippen LogP contribution is -2.51. The molecule has 2 aliphatic carbocycles. The first kappa shape index (κ1) is 37.1. The van der Waals surface area contributed by atoms with Crippen molar-refractivity contribution in [2.75, 3.05) is 37.6 Å². The maximum atomic E-state index is 14.6. The molecule has 2 aromatic carbocycles. The van der Waals surface area contributed by atoms with Crippen LogP contribution in [0, 0.1) is 42.4 Å². The molecule has 1 spiro atoms. The number of aryl methyl sites for hydroxylation is 2. The minimum atomic E-state index is -4.30. The predicted molar refractivity (Wildman–Crippen MR) is 195 cm³/mol. The first-order valence-corrected chi connectivity index (χ1v) is 20.2. The molecule has 3 heterocycles. The summed E-state index contributed by atoms with van der Waals surface area (Å²) in [5, 5.41) is 0. The maximum Gasteiger partial charge on any atom is 0.394 e. The number of likely N-dealkylation sites (tertiary alicyclic amines) is 1. The van der Waals surface area contributed by atoms with E-state index in [9.17, 15) is 21.6 Å². The summed E-state index contributed by atoms with van der Waals surface area (Å²) >= 11 is 0. The minimum Gasteiger partial charge on any atom is -0.477 e. The highest BCUT2D eigenvalue weighted by Crippen LogP contribution is 2.64. The van der Waals surface area contributed by atoms with E-state index < -0.39 is 27.5 Å². The molecule has 282 valence electrons. The van der Waals surface area contributed by atoms with Gasteiger partial charge in [-0.05, 0) is 144 Å². The number of ether oxygens (including phenoxy) is 2. The number of nitrogens with one attached hydrogen (secondary N) is 1. The molecule has 4 aliphatic rings. The Labute approximate surface area is 306 Å². The summed E-state index contributed by atoms with van der Waals surface area (Å²) in [5.74, 6) is -0.367. The Morgan fingerprint density at radius 2 is 1.69 bits per heavy atom. The van der Waals surface area contributed by atoms with Gasteiger partial charge in [-0.2, -0.15) is 18.2 Å². The number of rotatable bonds is 8. The van der Waals surface area contributed by atoms with Crippen LogP contribution in [0.15, 0.2) is 53.4 Å². The Morgan fingerprint density at radius 3 is 2.35 bits per heavy atom. The lowest BCUT2D eigenvalue weighted by atomic mass is 9.52. The number of benzene rings is 2. The van der Waals surface area contributed by atoms with E-state index in [1.807, 2.05) is 52.0 Å². The molecule has 0 radical (unpaired) electrons. The average molecular weight is 741 g/mol. The molecule has 7 rings (SSSR count). The zero-order valence-electron chi connectivity index (χ0n) is 30.6. The highest BCUT2D eigenvalue weighted by Gasteiger charge is 2.64. The molecule has 4 bridgehead atoms. The number of hydrogen-bond donors (Lipinski definition) is 1. The molecule has 1 unspecified atom stereocenters. The molecule has 2 atom stereocenters. The van der Waals surface area contributed by atoms with Gasteiger partial charge in [0, 0.05) is 18.2 Å². The van der Waals surface area contributed by atoms with Gasteiger partial charge in [0.2, 0.25) is 11.8 Å². The fourth-order valence-corrected chi connectivity index (χ4v) is 10.1. The van der Waals surface area contributed by atoms with E-state index in [4.69, 9.17) is 9.47 Å². The third kappa shape index (κ3) is 7.85. The molecular weight excluding hydrogens is 690 g/mol. The van der Waals surface area contributed by atoms with E-state index in [-0.39, 0.29) is 65.9 Å². The molecule has 3 fully saturated rings. The van der Waals surface area contributed by atoms with Crippen molar-refractivity contribution < 1.29 is 31.1 Å². The molecule has 12 heteroatoms. The van der Waals surface area contributed by atoms with Crippen LogP contribution in [0.2, 0.25) is 0 Å². The number of piperidine rings is 1. The van der Waals surface area contributed by atoms with E-state index in [1.165, 1.54) is 6.07 Å². The molecule has 1 N–H and O–H groups in total. The lowest BCUT2D eigenvalue weighted by molar-refractivity contribution is -0.195. The number of hydrogen-bond acceptors (Lipinski definition) is 7. The van der Waals surface area contributed by atoms with Crippen molar-refractivity contribution in [2.24, 2.45) is 28.6 Å². The summed E-state index contributed by atoms with van der Waals surface area (Å²) in [5.41, 5.74) is 2.44. The van der Waals surface area contributed by atoms with Crippen LogP contribution in [-0.2, 0) is 21.2 Å². The van der Waals surface area contributed by atoms with Gasteiger partial charge in [0.15, 0.2) is 0 Å². The number of anilines is 1. The van der Waals surface area contributed by atoms with Gasteiger partial charge < -0.3 is 14.4 Å². The molecule has 8 nitrogen and oxygen atoms in total. The monoisotopic (exact) mass is 740 g/mol. The second-order valence-electron chi connectivity index (χ2n) is 16.3. The first-order valence-electron chi connectivity index (χ1n) is 18.8. The van der Waals surface area contributed by atoms with Crippen LogP contribution in [0.3, 0.4) is 0 Å². The van der Waals surface area contributed by atoms with E-state index in [0.717, 1.165) is 67.6 Å². The van der Waals surface area contributed by atoms with E-state index in [0.29, 0.717) is 18.7 Å². The zero-order valence-corrected chi connectivity index (χ0v) is 31.5. The summed E-state index contributed by atoms with van der Waals surface area (Å²) in [4.78, 5) is 11.6. The zero-order chi connectivity index (χ0) is 36.9. The van der Waals surface area contributed by atoms with Crippen LogP contribution in [-0.4, -0.2) is 68.4 Å². The van der Waals surface area contributed by atoms with Crippen molar-refractivity contribution in [1.82, 2.24) is 14.9 Å². The van der Waals surface area contributed by atoms with Crippen LogP contribution in [0.25, 0.3) is 11.3 Å². The van der Waals surface area contributed by atoms with Crippen LogP contribution in [0.4, 0.5) is 19.1 Å². The Morgan fingerprint density at radius 1 is 1.00 bits per heavy atom. The van der Waals surface area contributed by atoms with Gasteiger partial charge in [0.1, 0.15) is 0 Å². The standard InChI is InChI=1S/C40H51F3N4O4S/c1-26(2)50-18-17-47-15-13-38(14-16-47)22-30(23-38)33-20-29-9-6-10-32(19-29)52(48,49)46-37-44-34(36-27(3)7-5-8-28(36)4)21-35(45-37)51-25-31(33)24-39(11-12-39)40(41,42)43/h5-10,19,21,26,30-31,33H,11-18,20,22-25H2,1-4H3,(H,44,45,46)/t31-,33?/m1/s1. The summed E-state index contributed by atoms with van der Waals surface area (Å²) in [6.07, 6.45) is 0.638. The van der Waals surface area contributed by atoms with Gasteiger partial charge >= 0.3 is 6.18 Å². The molecule has 1 aromatic heterocycles. The van der Waals surface area contributed by atoms with Crippen LogP contribution in [0.5, 0.6) is 5.88 Å². The van der Waals surface area contributed by atoms with Gasteiger partial charge in [-0.1, -0.05) is 30.3 Å². The fourth-order valence-electron chi connectivity index (χ4n) is 9.11. The third-order valence-electron chi connectivity index (χ3n) is 12.3. The van der Waals surface area contributed by atoms with Gasteiger partial charge in [-0.25, -0.2) is 18.1 Å². The Balaban J connectivity index is 1.22. The van der Waals surface area contributed by atoms with E-state index in [1.54, 1.807) is 18.2 Å². The second-order valence-corrected chi connectivity index (χ2v) is 18.0. The van der Waals surface area contributed by atoms with Crippen molar-refractivity contribution >= 4 is 16.0 Å². The minimum absolute atomic E-state index is 0.0216. The summed E-state index contributed by atoms with van der Waals surface area (Å²) in [6, 6.07) is 14.3. The number of nitrogens with zero attached hydrogens (tertiary/aromatic N) is 3. The number of fused-ring (bicyclic) bond motifs is 4. The molecule has 52 heavy (non-hydrogen) atoms. The quantitative estimate of drug-likeness (QED) is 0.248. The maximum absolute atomic E-state index is 14.6. The molecule has 2 aliphatic heterocycles. The topological polar surface area (TPSA) is 93.7 Å². The molecule has 0 amide bonds. The lowest BCUT2D eigenvalue weighted by Gasteiger charge is -2.56. The first-order chi connectivity index (χ1) is 24.6. The second kappa shape index (κ2) is 14.2. The van der Waals surface area contributed by atoms with Crippen LogP contribution >= 0.6 is 0 Å². The van der Waals surface area contributed by atoms with Crippen molar-refractivity contribution in [3.8, 4) is 17.1 Å². The van der Waals surface area contributed by atoms with Gasteiger partial charge in [-0.3, -0.25) is 0 Å². The van der Waals surface area contributed by atoms with E-state index >= 15 is 0 Å². The largest absolute Gasteiger partial charge is 0.477 e. The number of alkyl halides is 3. The van der Waals surface area contributed by atoms with Crippen LogP contribution in [0.1, 0.15) is 75.5 Å². The predicted octanol–water partition coefficient (Wildman–Crippen LogP) is 8.38.